The Morgan fingerprint density at radius 2 is 0.983 bits per heavy atom. The SMILES string of the molecule is c1ccc(-c2nc(-c3ccc4cc(-c5ccc6c(c5)C5(c7ccccc7O6)C6CC7CC(C6)CC5C7)ccc4c3)nc(-c3ccc4c(c3)oc3ccccc34)n2)cc1. The number of fused-ring (bicyclic) bond motifs is 6. The van der Waals surface area contributed by atoms with Crippen molar-refractivity contribution >= 4 is 32.7 Å². The molecule has 0 unspecified atom stereocenters. The van der Waals surface area contributed by atoms with Gasteiger partial charge in [0.1, 0.15) is 22.7 Å². The molecule has 0 saturated heterocycles. The summed E-state index contributed by atoms with van der Waals surface area (Å²) in [6, 6.07) is 53.8. The Morgan fingerprint density at radius 1 is 0.414 bits per heavy atom. The molecular weight excluding hydrogens is 711 g/mol. The minimum Gasteiger partial charge on any atom is -0.457 e. The van der Waals surface area contributed by atoms with Crippen LogP contribution in [0.5, 0.6) is 11.5 Å². The number of benzene rings is 7. The zero-order valence-electron chi connectivity index (χ0n) is 31.9. The van der Waals surface area contributed by atoms with Crippen LogP contribution in [-0.4, -0.2) is 15.0 Å². The lowest BCUT2D eigenvalue weighted by Gasteiger charge is -2.63. The summed E-state index contributed by atoms with van der Waals surface area (Å²) in [7, 11) is 0. The highest BCUT2D eigenvalue weighted by atomic mass is 16.5. The highest BCUT2D eigenvalue weighted by Crippen LogP contribution is 2.69. The van der Waals surface area contributed by atoms with Crippen LogP contribution in [0, 0.1) is 23.7 Å². The fraction of sp³-hybridized carbons (Fsp3) is 0.189. The lowest BCUT2D eigenvalue weighted by Crippen LogP contribution is -2.56. The maximum absolute atomic E-state index is 6.71. The van der Waals surface area contributed by atoms with Crippen molar-refractivity contribution in [2.24, 2.45) is 23.7 Å². The van der Waals surface area contributed by atoms with Crippen molar-refractivity contribution in [1.29, 1.82) is 0 Å². The van der Waals surface area contributed by atoms with Gasteiger partial charge in [0.2, 0.25) is 0 Å². The lowest BCUT2D eigenvalue weighted by atomic mass is 9.41. The molecule has 4 aliphatic carbocycles. The summed E-state index contributed by atoms with van der Waals surface area (Å²) in [6.45, 7) is 0. The molecule has 2 aromatic heterocycles. The summed E-state index contributed by atoms with van der Waals surface area (Å²) in [5, 5.41) is 4.49. The van der Waals surface area contributed by atoms with Gasteiger partial charge in [0.25, 0.3) is 0 Å². The van der Waals surface area contributed by atoms with Crippen LogP contribution in [-0.2, 0) is 5.41 Å². The fourth-order valence-electron chi connectivity index (χ4n) is 11.9. The Labute approximate surface area is 336 Å². The molecule has 4 bridgehead atoms. The fourth-order valence-corrected chi connectivity index (χ4v) is 11.9. The molecule has 14 rings (SSSR count). The normalized spacial score (nSPS) is 22.7. The van der Waals surface area contributed by atoms with Crippen LogP contribution in [0.1, 0.15) is 43.2 Å². The highest BCUT2D eigenvalue weighted by Gasteiger charge is 2.61. The van der Waals surface area contributed by atoms with Crippen LogP contribution in [0.3, 0.4) is 0 Å². The van der Waals surface area contributed by atoms with E-state index in [1.54, 1.807) is 0 Å². The molecule has 58 heavy (non-hydrogen) atoms. The van der Waals surface area contributed by atoms with Gasteiger partial charge in [0, 0.05) is 44.0 Å². The van der Waals surface area contributed by atoms with E-state index in [9.17, 15) is 0 Å². The number of ether oxygens (including phenoxy) is 1. The smallest absolute Gasteiger partial charge is 0.164 e. The molecular formula is C53H39N3O2. The largest absolute Gasteiger partial charge is 0.457 e. The third-order valence-electron chi connectivity index (χ3n) is 14.1. The van der Waals surface area contributed by atoms with Crippen molar-refractivity contribution in [3.8, 4) is 56.8 Å². The minimum absolute atomic E-state index is 0.0270. The van der Waals surface area contributed by atoms with Crippen LogP contribution in [0.15, 0.2) is 156 Å². The summed E-state index contributed by atoms with van der Waals surface area (Å²) >= 11 is 0. The maximum Gasteiger partial charge on any atom is 0.164 e. The van der Waals surface area contributed by atoms with Gasteiger partial charge in [-0.05, 0) is 126 Å². The number of nitrogens with zero attached hydrogens (tertiary/aromatic N) is 3. The molecule has 5 heteroatoms. The van der Waals surface area contributed by atoms with Crippen molar-refractivity contribution in [2.45, 2.75) is 37.5 Å². The predicted molar refractivity (Wildman–Crippen MR) is 231 cm³/mol. The first-order chi connectivity index (χ1) is 28.6. The maximum atomic E-state index is 6.71. The van der Waals surface area contributed by atoms with Crippen molar-refractivity contribution in [3.63, 3.8) is 0 Å². The average Bonchev–Trinajstić information content (AvgIpc) is 3.65. The minimum atomic E-state index is 0.0270. The lowest BCUT2D eigenvalue weighted by molar-refractivity contribution is -0.0452. The van der Waals surface area contributed by atoms with Gasteiger partial charge in [-0.25, -0.2) is 15.0 Å². The molecule has 0 radical (unpaired) electrons. The molecule has 5 nitrogen and oxygen atoms in total. The second-order valence-corrected chi connectivity index (χ2v) is 17.2. The first-order valence-electron chi connectivity index (χ1n) is 20.8. The molecule has 4 saturated carbocycles. The first-order valence-corrected chi connectivity index (χ1v) is 20.8. The molecule has 0 amide bonds. The van der Waals surface area contributed by atoms with Gasteiger partial charge >= 0.3 is 0 Å². The van der Waals surface area contributed by atoms with Gasteiger partial charge in [0.05, 0.1) is 0 Å². The zero-order valence-corrected chi connectivity index (χ0v) is 31.9. The van der Waals surface area contributed by atoms with Crippen LogP contribution < -0.4 is 4.74 Å². The van der Waals surface area contributed by atoms with Gasteiger partial charge in [-0.1, -0.05) is 103 Å². The predicted octanol–water partition coefficient (Wildman–Crippen LogP) is 13.4. The summed E-state index contributed by atoms with van der Waals surface area (Å²) in [5.74, 6) is 7.11. The van der Waals surface area contributed by atoms with Crippen molar-refractivity contribution in [2.75, 3.05) is 0 Å². The Kier molecular flexibility index (Phi) is 6.84. The van der Waals surface area contributed by atoms with Gasteiger partial charge in [-0.2, -0.15) is 0 Å². The summed E-state index contributed by atoms with van der Waals surface area (Å²) < 4.78 is 13.0. The molecule has 1 spiro atoms. The molecule has 4 fully saturated rings. The van der Waals surface area contributed by atoms with E-state index in [1.165, 1.54) is 59.7 Å². The van der Waals surface area contributed by atoms with E-state index in [-0.39, 0.29) is 5.41 Å². The van der Waals surface area contributed by atoms with Crippen LogP contribution >= 0.6 is 0 Å². The average molecular weight is 750 g/mol. The number of aromatic nitrogens is 3. The zero-order chi connectivity index (χ0) is 38.0. The third-order valence-corrected chi connectivity index (χ3v) is 14.1. The van der Waals surface area contributed by atoms with E-state index < -0.39 is 0 Å². The molecule has 0 N–H and O–H groups in total. The van der Waals surface area contributed by atoms with E-state index in [1.807, 2.05) is 54.6 Å². The third kappa shape index (κ3) is 4.79. The number of hydrogen-bond acceptors (Lipinski definition) is 5. The van der Waals surface area contributed by atoms with Gasteiger partial charge in [-0.15, -0.1) is 0 Å². The number of furan rings is 1. The second-order valence-electron chi connectivity index (χ2n) is 17.2. The number of rotatable bonds is 4. The van der Waals surface area contributed by atoms with Gasteiger partial charge < -0.3 is 9.15 Å². The van der Waals surface area contributed by atoms with E-state index in [4.69, 9.17) is 24.1 Å². The van der Waals surface area contributed by atoms with E-state index in [2.05, 4.69) is 97.1 Å². The van der Waals surface area contributed by atoms with E-state index in [0.717, 1.165) is 67.3 Å². The van der Waals surface area contributed by atoms with Crippen molar-refractivity contribution in [3.05, 3.63) is 163 Å². The Bertz CT molecular complexity index is 3100. The molecule has 5 aliphatic rings. The van der Waals surface area contributed by atoms with Crippen LogP contribution in [0.2, 0.25) is 0 Å². The van der Waals surface area contributed by atoms with Crippen LogP contribution in [0.4, 0.5) is 0 Å². The quantitative estimate of drug-likeness (QED) is 0.179. The Balaban J connectivity index is 0.892. The number of hydrogen-bond donors (Lipinski definition) is 0. The molecule has 7 aromatic carbocycles. The van der Waals surface area contributed by atoms with Gasteiger partial charge in [0.15, 0.2) is 17.5 Å². The first kappa shape index (κ1) is 32.5. The topological polar surface area (TPSA) is 61.0 Å². The molecule has 278 valence electrons. The standard InChI is InChI=1S/C53H39N3O2/c1-2-8-33(9-3-1)50-54-51(56-52(55-50)39-18-20-43-42-10-4-6-12-46(42)57-49(43)30-39)38-17-16-34-27-35(14-15-36(34)28-38)37-19-21-48-45(29-37)53(44-11-5-7-13-47(44)58-48)40-23-31-22-32(25-40)26-41(53)24-31/h1-21,27-32,40-41H,22-26H2. The van der Waals surface area contributed by atoms with Crippen molar-refractivity contribution < 1.29 is 9.15 Å². The second kappa shape index (κ2) is 12.2. The van der Waals surface area contributed by atoms with Crippen LogP contribution in [0.25, 0.3) is 78.0 Å². The molecule has 9 aromatic rings. The number of para-hydroxylation sites is 2. The monoisotopic (exact) mass is 749 g/mol. The molecule has 3 heterocycles. The highest BCUT2D eigenvalue weighted by molar-refractivity contribution is 6.05. The summed E-state index contributed by atoms with van der Waals surface area (Å²) in [5.41, 5.74) is 9.77. The summed E-state index contributed by atoms with van der Waals surface area (Å²) in [4.78, 5) is 15.1. The molecule has 0 atom stereocenters. The van der Waals surface area contributed by atoms with E-state index in [0.29, 0.717) is 29.3 Å². The summed E-state index contributed by atoms with van der Waals surface area (Å²) in [6.07, 6.45) is 6.81. The Morgan fingerprint density at radius 3 is 1.78 bits per heavy atom. The van der Waals surface area contributed by atoms with Gasteiger partial charge in [-0.3, -0.25) is 0 Å². The Hall–Kier alpha value is -6.59. The molecule has 1 aliphatic heterocycles. The van der Waals surface area contributed by atoms with Crippen molar-refractivity contribution in [1.82, 2.24) is 15.0 Å². The van der Waals surface area contributed by atoms with E-state index >= 15 is 0 Å².